The molecule has 0 aromatic heterocycles. The molecule has 0 radical (unpaired) electrons. The zero-order valence-corrected chi connectivity index (χ0v) is 11.6. The van der Waals surface area contributed by atoms with Gasteiger partial charge in [0.1, 0.15) is 0 Å². The average molecular weight is 255 g/mol. The van der Waals surface area contributed by atoms with Crippen LogP contribution in [0.1, 0.15) is 18.1 Å². The molecule has 1 aliphatic heterocycles. The first kappa shape index (κ1) is 14.5. The van der Waals surface area contributed by atoms with E-state index < -0.39 is 0 Å². The predicted molar refractivity (Wildman–Crippen MR) is 76.0 cm³/mol. The van der Waals surface area contributed by atoms with Gasteiger partial charge in [0.2, 0.25) is 0 Å². The molecule has 3 heteroatoms. The molecular weight excluding hydrogens is 232 g/mol. The highest BCUT2D eigenvalue weighted by atomic mass is 35.5. The summed E-state index contributed by atoms with van der Waals surface area (Å²) in [4.78, 5) is 2.58. The van der Waals surface area contributed by atoms with Gasteiger partial charge >= 0.3 is 0 Å². The second kappa shape index (κ2) is 7.00. The van der Waals surface area contributed by atoms with Crippen molar-refractivity contribution in [2.75, 3.05) is 26.2 Å². The molecule has 17 heavy (non-hydrogen) atoms. The van der Waals surface area contributed by atoms with E-state index in [1.807, 2.05) is 0 Å². The summed E-state index contributed by atoms with van der Waals surface area (Å²) in [5, 5.41) is 3.43. The number of piperazine rings is 1. The molecule has 2 nitrogen and oxygen atoms in total. The fourth-order valence-electron chi connectivity index (χ4n) is 2.24. The Morgan fingerprint density at radius 1 is 1.29 bits per heavy atom. The Bertz CT molecular complexity index is 323. The molecule has 1 atom stereocenters. The Labute approximate surface area is 111 Å². The SMILES string of the molecule is Cc1ccc(CCN2CCNC[C@@H]2C)cc1.Cl. The van der Waals surface area contributed by atoms with Gasteiger partial charge in [-0.1, -0.05) is 29.8 Å². The normalized spacial score (nSPS) is 20.9. The second-order valence-electron chi connectivity index (χ2n) is 4.82. The van der Waals surface area contributed by atoms with Gasteiger partial charge in [0, 0.05) is 32.2 Å². The summed E-state index contributed by atoms with van der Waals surface area (Å²) in [6.07, 6.45) is 1.17. The number of halogens is 1. The standard InChI is InChI=1S/C14H22N2.ClH/c1-12-3-5-14(6-4-12)7-9-16-10-8-15-11-13(16)2;/h3-6,13,15H,7-11H2,1-2H3;1H/t13-;/m0./s1. The number of aryl methyl sites for hydroxylation is 1. The van der Waals surface area contributed by atoms with Gasteiger partial charge in [-0.2, -0.15) is 0 Å². The van der Waals surface area contributed by atoms with Crippen molar-refractivity contribution in [2.24, 2.45) is 0 Å². The average Bonchev–Trinajstić information content (AvgIpc) is 2.30. The molecule has 0 bridgehead atoms. The summed E-state index contributed by atoms with van der Waals surface area (Å²) in [5.41, 5.74) is 2.80. The van der Waals surface area contributed by atoms with E-state index in [0.29, 0.717) is 6.04 Å². The molecule has 0 aliphatic carbocycles. The van der Waals surface area contributed by atoms with Crippen molar-refractivity contribution in [2.45, 2.75) is 26.3 Å². The van der Waals surface area contributed by atoms with Crippen LogP contribution in [0.15, 0.2) is 24.3 Å². The minimum absolute atomic E-state index is 0. The molecule has 1 aromatic rings. The molecule has 1 fully saturated rings. The van der Waals surface area contributed by atoms with Crippen molar-refractivity contribution >= 4 is 12.4 Å². The first-order valence-corrected chi connectivity index (χ1v) is 6.26. The predicted octanol–water partition coefficient (Wildman–Crippen LogP) is 2.25. The smallest absolute Gasteiger partial charge is 0.0193 e. The maximum absolute atomic E-state index is 3.43. The Morgan fingerprint density at radius 2 is 2.00 bits per heavy atom. The highest BCUT2D eigenvalue weighted by molar-refractivity contribution is 5.85. The quantitative estimate of drug-likeness (QED) is 0.890. The molecule has 0 saturated carbocycles. The van der Waals surface area contributed by atoms with Crippen LogP contribution in [0.2, 0.25) is 0 Å². The van der Waals surface area contributed by atoms with Crippen LogP contribution in [0.3, 0.4) is 0 Å². The van der Waals surface area contributed by atoms with Gasteiger partial charge < -0.3 is 5.32 Å². The van der Waals surface area contributed by atoms with Crippen molar-refractivity contribution < 1.29 is 0 Å². The van der Waals surface area contributed by atoms with E-state index in [9.17, 15) is 0 Å². The molecule has 1 saturated heterocycles. The van der Waals surface area contributed by atoms with Crippen molar-refractivity contribution in [3.63, 3.8) is 0 Å². The largest absolute Gasteiger partial charge is 0.314 e. The molecule has 96 valence electrons. The summed E-state index contributed by atoms with van der Waals surface area (Å²) < 4.78 is 0. The minimum atomic E-state index is 0. The third kappa shape index (κ3) is 4.30. The summed E-state index contributed by atoms with van der Waals surface area (Å²) in [6.45, 7) is 9.09. The van der Waals surface area contributed by atoms with Crippen molar-refractivity contribution in [1.29, 1.82) is 0 Å². The monoisotopic (exact) mass is 254 g/mol. The van der Waals surface area contributed by atoms with E-state index >= 15 is 0 Å². The topological polar surface area (TPSA) is 15.3 Å². The lowest BCUT2D eigenvalue weighted by atomic mass is 10.1. The van der Waals surface area contributed by atoms with Crippen LogP contribution >= 0.6 is 12.4 Å². The summed E-state index contributed by atoms with van der Waals surface area (Å²) in [6, 6.07) is 9.59. The van der Waals surface area contributed by atoms with Gasteiger partial charge in [-0.3, -0.25) is 4.90 Å². The Balaban J connectivity index is 0.00000144. The van der Waals surface area contributed by atoms with Crippen LogP contribution in [0.25, 0.3) is 0 Å². The number of benzene rings is 1. The second-order valence-corrected chi connectivity index (χ2v) is 4.82. The van der Waals surface area contributed by atoms with Gasteiger partial charge in [0.25, 0.3) is 0 Å². The lowest BCUT2D eigenvalue weighted by Gasteiger charge is -2.33. The molecule has 0 unspecified atom stereocenters. The maximum Gasteiger partial charge on any atom is 0.0193 e. The number of nitrogens with one attached hydrogen (secondary N) is 1. The van der Waals surface area contributed by atoms with E-state index in [4.69, 9.17) is 0 Å². The fourth-order valence-corrected chi connectivity index (χ4v) is 2.24. The highest BCUT2D eigenvalue weighted by Gasteiger charge is 2.16. The van der Waals surface area contributed by atoms with Crippen molar-refractivity contribution in [3.05, 3.63) is 35.4 Å². The van der Waals surface area contributed by atoms with Gasteiger partial charge in [-0.05, 0) is 25.8 Å². The molecule has 1 aliphatic rings. The fraction of sp³-hybridized carbons (Fsp3) is 0.571. The molecule has 0 spiro atoms. The van der Waals surface area contributed by atoms with Crippen LogP contribution < -0.4 is 5.32 Å². The zero-order chi connectivity index (χ0) is 11.4. The first-order valence-electron chi connectivity index (χ1n) is 6.26. The van der Waals surface area contributed by atoms with Crippen molar-refractivity contribution in [3.8, 4) is 0 Å². The highest BCUT2D eigenvalue weighted by Crippen LogP contribution is 2.07. The van der Waals surface area contributed by atoms with E-state index in [-0.39, 0.29) is 12.4 Å². The van der Waals surface area contributed by atoms with Gasteiger partial charge in [-0.15, -0.1) is 12.4 Å². The molecule has 1 heterocycles. The summed E-state index contributed by atoms with van der Waals surface area (Å²) >= 11 is 0. The Morgan fingerprint density at radius 3 is 2.65 bits per heavy atom. The molecular formula is C14H23ClN2. The van der Waals surface area contributed by atoms with Gasteiger partial charge in [0.05, 0.1) is 0 Å². The Hall–Kier alpha value is -0.570. The van der Waals surface area contributed by atoms with E-state index in [2.05, 4.69) is 48.3 Å². The molecule has 2 rings (SSSR count). The van der Waals surface area contributed by atoms with Gasteiger partial charge in [0.15, 0.2) is 0 Å². The van der Waals surface area contributed by atoms with Crippen molar-refractivity contribution in [1.82, 2.24) is 10.2 Å². The summed E-state index contributed by atoms with van der Waals surface area (Å²) in [5.74, 6) is 0. The minimum Gasteiger partial charge on any atom is -0.314 e. The third-order valence-electron chi connectivity index (χ3n) is 3.45. The van der Waals surface area contributed by atoms with E-state index in [1.165, 1.54) is 30.6 Å². The van der Waals surface area contributed by atoms with Gasteiger partial charge in [-0.25, -0.2) is 0 Å². The van der Waals surface area contributed by atoms with E-state index in [1.54, 1.807) is 0 Å². The third-order valence-corrected chi connectivity index (χ3v) is 3.45. The number of nitrogens with zero attached hydrogens (tertiary/aromatic N) is 1. The summed E-state index contributed by atoms with van der Waals surface area (Å²) in [7, 11) is 0. The first-order chi connectivity index (χ1) is 7.75. The van der Waals surface area contributed by atoms with Crippen LogP contribution in [0.4, 0.5) is 0 Å². The number of rotatable bonds is 3. The maximum atomic E-state index is 3.43. The lowest BCUT2D eigenvalue weighted by molar-refractivity contribution is 0.176. The molecule has 1 aromatic carbocycles. The van der Waals surface area contributed by atoms with Crippen LogP contribution in [0.5, 0.6) is 0 Å². The van der Waals surface area contributed by atoms with Crippen LogP contribution in [-0.4, -0.2) is 37.1 Å². The van der Waals surface area contributed by atoms with E-state index in [0.717, 1.165) is 13.1 Å². The van der Waals surface area contributed by atoms with Crippen LogP contribution in [0, 0.1) is 6.92 Å². The Kier molecular flexibility index (Phi) is 5.96. The number of hydrogen-bond donors (Lipinski definition) is 1. The van der Waals surface area contributed by atoms with Crippen LogP contribution in [-0.2, 0) is 6.42 Å². The zero-order valence-electron chi connectivity index (χ0n) is 10.8. The molecule has 0 amide bonds. The lowest BCUT2D eigenvalue weighted by Crippen LogP contribution is -2.50. The number of hydrogen-bond acceptors (Lipinski definition) is 2. The molecule has 1 N–H and O–H groups in total.